The van der Waals surface area contributed by atoms with Crippen LogP contribution in [0, 0.1) is 11.8 Å². The smallest absolute Gasteiger partial charge is 0.311 e. The third-order valence-corrected chi connectivity index (χ3v) is 10.2. The van der Waals surface area contributed by atoms with Crippen molar-refractivity contribution in [2.24, 2.45) is 11.8 Å². The van der Waals surface area contributed by atoms with Crippen molar-refractivity contribution in [3.05, 3.63) is 0 Å². The molecule has 2 fully saturated rings. The van der Waals surface area contributed by atoms with Crippen molar-refractivity contribution in [1.29, 1.82) is 0 Å². The summed E-state index contributed by atoms with van der Waals surface area (Å²) < 4.78 is 11.7. The summed E-state index contributed by atoms with van der Waals surface area (Å²) >= 11 is 0. The van der Waals surface area contributed by atoms with Gasteiger partial charge in [0.25, 0.3) is 0 Å². The minimum atomic E-state index is -1.84. The van der Waals surface area contributed by atoms with Gasteiger partial charge in [-0.25, -0.2) is 0 Å². The van der Waals surface area contributed by atoms with Crippen LogP contribution in [0.5, 0.6) is 0 Å². The Bertz CT molecular complexity index is 372. The zero-order valence-electron chi connectivity index (χ0n) is 13.2. The van der Waals surface area contributed by atoms with E-state index < -0.39 is 8.32 Å². The molecule has 0 heterocycles. The molecule has 110 valence electrons. The average molecular weight is 284 g/mol. The monoisotopic (exact) mass is 284 g/mol. The van der Waals surface area contributed by atoms with Crippen LogP contribution in [0.15, 0.2) is 0 Å². The molecule has 3 nitrogen and oxygen atoms in total. The first-order chi connectivity index (χ1) is 8.64. The van der Waals surface area contributed by atoms with Crippen molar-refractivity contribution in [3.63, 3.8) is 0 Å². The Labute approximate surface area is 118 Å². The summed E-state index contributed by atoms with van der Waals surface area (Å²) in [4.78, 5) is 12.0. The van der Waals surface area contributed by atoms with Gasteiger partial charge >= 0.3 is 5.97 Å². The topological polar surface area (TPSA) is 35.5 Å². The van der Waals surface area contributed by atoms with E-state index in [4.69, 9.17) is 9.16 Å². The molecule has 2 aliphatic carbocycles. The standard InChI is InChI=1S/C15H28O3Si/c1-14(2,3)19(5,6)18-15-9-7-8-11(15)10-12(15)13(16)17-4/h11-12H,7-10H2,1-6H3/t11-,12+,15+/m0/s1. The van der Waals surface area contributed by atoms with Gasteiger partial charge in [-0.2, -0.15) is 0 Å². The predicted octanol–water partition coefficient (Wildman–Crippen LogP) is 3.74. The number of rotatable bonds is 3. The fourth-order valence-electron chi connectivity index (χ4n) is 3.44. The Kier molecular flexibility index (Phi) is 3.63. The molecule has 4 heteroatoms. The van der Waals surface area contributed by atoms with Crippen LogP contribution in [0.3, 0.4) is 0 Å². The molecule has 2 saturated carbocycles. The maximum atomic E-state index is 12.0. The van der Waals surface area contributed by atoms with Gasteiger partial charge in [-0.3, -0.25) is 4.79 Å². The maximum Gasteiger partial charge on any atom is 0.311 e. The minimum absolute atomic E-state index is 0.0286. The third-order valence-electron chi connectivity index (χ3n) is 5.66. The van der Waals surface area contributed by atoms with E-state index in [2.05, 4.69) is 33.9 Å². The van der Waals surface area contributed by atoms with Gasteiger partial charge in [0.1, 0.15) is 0 Å². The van der Waals surface area contributed by atoms with Crippen LogP contribution in [0.4, 0.5) is 0 Å². The minimum Gasteiger partial charge on any atom is -0.469 e. The number of ether oxygens (including phenoxy) is 1. The van der Waals surface area contributed by atoms with Gasteiger partial charge in [0.2, 0.25) is 0 Å². The van der Waals surface area contributed by atoms with Gasteiger partial charge in [0.15, 0.2) is 8.32 Å². The van der Waals surface area contributed by atoms with E-state index in [1.165, 1.54) is 20.0 Å². The SMILES string of the molecule is COC(=O)[C@H]1C[C@@H]2CCC[C@@]21O[Si](C)(C)C(C)(C)C. The number of esters is 1. The highest BCUT2D eigenvalue weighted by atomic mass is 28.4. The number of hydrogen-bond acceptors (Lipinski definition) is 3. The van der Waals surface area contributed by atoms with Gasteiger partial charge in [-0.15, -0.1) is 0 Å². The molecular weight excluding hydrogens is 256 g/mol. The molecule has 0 bridgehead atoms. The molecule has 0 aromatic carbocycles. The van der Waals surface area contributed by atoms with Crippen LogP contribution >= 0.6 is 0 Å². The molecule has 3 atom stereocenters. The van der Waals surface area contributed by atoms with E-state index in [9.17, 15) is 4.79 Å². The maximum absolute atomic E-state index is 12.0. The second kappa shape index (κ2) is 4.59. The third kappa shape index (κ3) is 2.27. The highest BCUT2D eigenvalue weighted by Crippen LogP contribution is 2.59. The van der Waals surface area contributed by atoms with E-state index in [1.54, 1.807) is 0 Å². The van der Waals surface area contributed by atoms with Crippen LogP contribution in [-0.2, 0) is 14.0 Å². The Balaban J connectivity index is 2.22. The van der Waals surface area contributed by atoms with E-state index >= 15 is 0 Å². The molecule has 2 aliphatic rings. The molecule has 2 rings (SSSR count). The van der Waals surface area contributed by atoms with E-state index in [1.807, 2.05) is 0 Å². The van der Waals surface area contributed by atoms with E-state index in [-0.39, 0.29) is 22.5 Å². The first-order valence-electron chi connectivity index (χ1n) is 7.42. The van der Waals surface area contributed by atoms with E-state index in [0.717, 1.165) is 12.8 Å². The molecule has 0 aromatic heterocycles. The Morgan fingerprint density at radius 3 is 2.42 bits per heavy atom. The molecule has 19 heavy (non-hydrogen) atoms. The van der Waals surface area contributed by atoms with Gasteiger partial charge in [-0.05, 0) is 43.3 Å². The summed E-state index contributed by atoms with van der Waals surface area (Å²) in [5.74, 6) is 0.474. The number of carbonyl (C=O) groups excluding carboxylic acids is 1. The molecule has 0 N–H and O–H groups in total. The summed E-state index contributed by atoms with van der Waals surface area (Å²) in [6.07, 6.45) is 4.39. The van der Waals surface area contributed by atoms with Gasteiger partial charge in [0.05, 0.1) is 18.6 Å². The number of hydrogen-bond donors (Lipinski definition) is 0. The van der Waals surface area contributed by atoms with E-state index in [0.29, 0.717) is 5.92 Å². The highest BCUT2D eigenvalue weighted by Gasteiger charge is 2.64. The molecule has 0 radical (unpaired) electrons. The highest BCUT2D eigenvalue weighted by molar-refractivity contribution is 6.74. The first kappa shape index (κ1) is 15.0. The van der Waals surface area contributed by atoms with Crippen molar-refractivity contribution in [2.75, 3.05) is 7.11 Å². The van der Waals surface area contributed by atoms with Crippen molar-refractivity contribution in [1.82, 2.24) is 0 Å². The molecule has 0 amide bonds. The van der Waals surface area contributed by atoms with Crippen molar-refractivity contribution >= 4 is 14.3 Å². The zero-order valence-corrected chi connectivity index (χ0v) is 14.2. The van der Waals surface area contributed by atoms with Crippen LogP contribution in [0.25, 0.3) is 0 Å². The number of carbonyl (C=O) groups is 1. The fraction of sp³-hybridized carbons (Fsp3) is 0.933. The molecule has 0 spiro atoms. The summed E-state index contributed by atoms with van der Waals surface area (Å²) in [7, 11) is -0.350. The lowest BCUT2D eigenvalue weighted by Crippen LogP contribution is -2.63. The fourth-order valence-corrected chi connectivity index (χ4v) is 5.11. The summed E-state index contributed by atoms with van der Waals surface area (Å²) in [5.41, 5.74) is -0.198. The van der Waals surface area contributed by atoms with Gasteiger partial charge in [-0.1, -0.05) is 27.2 Å². The predicted molar refractivity (Wildman–Crippen MR) is 78.5 cm³/mol. The second-order valence-electron chi connectivity index (χ2n) is 7.72. The molecule has 0 saturated heterocycles. The molecular formula is C15H28O3Si. The lowest BCUT2D eigenvalue weighted by molar-refractivity contribution is -0.177. The summed E-state index contributed by atoms with van der Waals surface area (Å²) in [6, 6.07) is 0. The van der Waals surface area contributed by atoms with Crippen LogP contribution < -0.4 is 0 Å². The van der Waals surface area contributed by atoms with Crippen LogP contribution in [-0.4, -0.2) is 27.0 Å². The van der Waals surface area contributed by atoms with Crippen molar-refractivity contribution in [3.8, 4) is 0 Å². The Morgan fingerprint density at radius 1 is 1.32 bits per heavy atom. The van der Waals surface area contributed by atoms with Crippen molar-refractivity contribution < 1.29 is 14.0 Å². The van der Waals surface area contributed by atoms with Crippen molar-refractivity contribution in [2.45, 2.75) is 70.2 Å². The van der Waals surface area contributed by atoms with Gasteiger partial charge in [0, 0.05) is 0 Å². The normalized spacial score (nSPS) is 34.6. The Morgan fingerprint density at radius 2 is 1.95 bits per heavy atom. The summed E-state index contributed by atoms with van der Waals surface area (Å²) in [5, 5.41) is 0.186. The largest absolute Gasteiger partial charge is 0.469 e. The lowest BCUT2D eigenvalue weighted by Gasteiger charge is -2.56. The lowest BCUT2D eigenvalue weighted by atomic mass is 9.63. The Hall–Kier alpha value is -0.353. The first-order valence-corrected chi connectivity index (χ1v) is 10.3. The number of methoxy groups -OCH3 is 1. The summed E-state index contributed by atoms with van der Waals surface area (Å²) in [6.45, 7) is 11.3. The number of fused-ring (bicyclic) bond motifs is 1. The van der Waals surface area contributed by atoms with Crippen LogP contribution in [0.2, 0.25) is 18.1 Å². The average Bonchev–Trinajstić information content (AvgIpc) is 2.56. The quantitative estimate of drug-likeness (QED) is 0.585. The molecule has 0 aromatic rings. The molecule has 0 aliphatic heterocycles. The van der Waals surface area contributed by atoms with Crippen LogP contribution in [0.1, 0.15) is 46.5 Å². The zero-order chi connectivity index (χ0) is 14.5. The molecule has 0 unspecified atom stereocenters. The second-order valence-corrected chi connectivity index (χ2v) is 12.4. The van der Waals surface area contributed by atoms with Gasteiger partial charge < -0.3 is 9.16 Å².